The number of carbonyl (C=O) groups excluding carboxylic acids is 1. The number of hydrogen-bond donors (Lipinski definition) is 0. The second-order valence-corrected chi connectivity index (χ2v) is 8.84. The van der Waals surface area contributed by atoms with Crippen LogP contribution in [0.3, 0.4) is 0 Å². The van der Waals surface area contributed by atoms with Crippen LogP contribution in [-0.2, 0) is 19.6 Å². The van der Waals surface area contributed by atoms with Crippen LogP contribution in [0.2, 0.25) is 0 Å². The number of aryl methyl sites for hydroxylation is 2. The molecule has 37 heavy (non-hydrogen) atoms. The van der Waals surface area contributed by atoms with E-state index in [0.29, 0.717) is 35.9 Å². The molecule has 5 nitrogen and oxygen atoms in total. The summed E-state index contributed by atoms with van der Waals surface area (Å²) in [6, 6.07) is 33.6. The Morgan fingerprint density at radius 1 is 0.703 bits per heavy atom. The monoisotopic (exact) mass is 491 g/mol. The lowest BCUT2D eigenvalue weighted by molar-refractivity contribution is 0.103. The van der Waals surface area contributed by atoms with Gasteiger partial charge >= 0.3 is 0 Å². The number of rotatable bonds is 10. The summed E-state index contributed by atoms with van der Waals surface area (Å²) in [5.41, 5.74) is 4.43. The van der Waals surface area contributed by atoms with E-state index in [2.05, 4.69) is 16.7 Å². The van der Waals surface area contributed by atoms with Crippen molar-refractivity contribution in [2.24, 2.45) is 0 Å². The van der Waals surface area contributed by atoms with Gasteiger partial charge in [0, 0.05) is 29.1 Å². The van der Waals surface area contributed by atoms with Crippen LogP contribution in [0.15, 0.2) is 103 Å². The van der Waals surface area contributed by atoms with Crippen molar-refractivity contribution in [1.29, 1.82) is 0 Å². The van der Waals surface area contributed by atoms with Gasteiger partial charge in [0.1, 0.15) is 23.9 Å². The van der Waals surface area contributed by atoms with Gasteiger partial charge in [0.15, 0.2) is 0 Å². The van der Waals surface area contributed by atoms with E-state index in [0.717, 1.165) is 28.6 Å². The molecule has 5 heteroatoms. The number of aromatic nitrogens is 1. The standard InChI is InChI=1S/C32H29NO4/c1-35-28-18-26(19-29(21-28)36-2)32(34)31-20-25-17-27(37-22-24-11-7-4-8-12-24)13-14-30(25)33(31)16-15-23-9-5-3-6-10-23/h3-14,17-21H,15-16,22H2,1-2H3. The van der Waals surface area contributed by atoms with Gasteiger partial charge in [0.25, 0.3) is 0 Å². The van der Waals surface area contributed by atoms with Crippen molar-refractivity contribution in [3.8, 4) is 17.2 Å². The highest BCUT2D eigenvalue weighted by molar-refractivity contribution is 6.11. The summed E-state index contributed by atoms with van der Waals surface area (Å²) >= 11 is 0. The summed E-state index contributed by atoms with van der Waals surface area (Å²) in [6.45, 7) is 1.15. The molecule has 186 valence electrons. The van der Waals surface area contributed by atoms with Gasteiger partial charge in [0.05, 0.1) is 19.9 Å². The molecule has 0 aliphatic rings. The second kappa shape index (κ2) is 11.0. The second-order valence-electron chi connectivity index (χ2n) is 8.84. The molecule has 0 radical (unpaired) electrons. The molecule has 0 N–H and O–H groups in total. The summed E-state index contributed by atoms with van der Waals surface area (Å²) in [6.07, 6.45) is 0.804. The van der Waals surface area contributed by atoms with E-state index in [9.17, 15) is 4.79 Å². The summed E-state index contributed by atoms with van der Waals surface area (Å²) in [7, 11) is 3.16. The number of methoxy groups -OCH3 is 2. The van der Waals surface area contributed by atoms with Crippen molar-refractivity contribution < 1.29 is 19.0 Å². The van der Waals surface area contributed by atoms with Crippen LogP contribution in [0.5, 0.6) is 17.2 Å². The van der Waals surface area contributed by atoms with Gasteiger partial charge in [0.2, 0.25) is 5.78 Å². The summed E-state index contributed by atoms with van der Waals surface area (Å²) < 4.78 is 19.0. The van der Waals surface area contributed by atoms with Gasteiger partial charge < -0.3 is 18.8 Å². The molecule has 5 rings (SSSR count). The Hall–Kier alpha value is -4.51. The minimum Gasteiger partial charge on any atom is -0.497 e. The first-order valence-electron chi connectivity index (χ1n) is 12.3. The molecule has 0 saturated heterocycles. The molecule has 0 bridgehead atoms. The zero-order valence-electron chi connectivity index (χ0n) is 21.0. The molecule has 0 aliphatic carbocycles. The fraction of sp³-hybridized carbons (Fsp3) is 0.156. The van der Waals surface area contributed by atoms with Gasteiger partial charge in [-0.15, -0.1) is 0 Å². The van der Waals surface area contributed by atoms with Crippen LogP contribution in [0.25, 0.3) is 10.9 Å². The van der Waals surface area contributed by atoms with Gasteiger partial charge in [-0.1, -0.05) is 60.7 Å². The molecule has 0 saturated carbocycles. The van der Waals surface area contributed by atoms with Crippen LogP contribution in [0.4, 0.5) is 0 Å². The topological polar surface area (TPSA) is 49.7 Å². The van der Waals surface area contributed by atoms with Crippen molar-refractivity contribution in [3.63, 3.8) is 0 Å². The van der Waals surface area contributed by atoms with Gasteiger partial charge in [-0.25, -0.2) is 0 Å². The van der Waals surface area contributed by atoms with Gasteiger partial charge in [-0.2, -0.15) is 0 Å². The normalized spacial score (nSPS) is 10.9. The minimum absolute atomic E-state index is 0.0896. The molecule has 1 heterocycles. The van der Waals surface area contributed by atoms with E-state index in [-0.39, 0.29) is 5.78 Å². The van der Waals surface area contributed by atoms with Crippen molar-refractivity contribution >= 4 is 16.7 Å². The van der Waals surface area contributed by atoms with Crippen molar-refractivity contribution in [3.05, 3.63) is 126 Å². The number of benzene rings is 4. The number of hydrogen-bond acceptors (Lipinski definition) is 4. The fourth-order valence-electron chi connectivity index (χ4n) is 4.48. The van der Waals surface area contributed by atoms with E-state index >= 15 is 0 Å². The maximum atomic E-state index is 13.8. The third kappa shape index (κ3) is 5.51. The Labute approximate surface area is 216 Å². The van der Waals surface area contributed by atoms with Crippen LogP contribution in [0.1, 0.15) is 27.2 Å². The SMILES string of the molecule is COc1cc(OC)cc(C(=O)c2cc3cc(OCc4ccccc4)ccc3n2CCc2ccccc2)c1. The highest BCUT2D eigenvalue weighted by atomic mass is 16.5. The largest absolute Gasteiger partial charge is 0.497 e. The Balaban J connectivity index is 1.51. The predicted molar refractivity (Wildman–Crippen MR) is 146 cm³/mol. The zero-order valence-corrected chi connectivity index (χ0v) is 21.0. The van der Waals surface area contributed by atoms with Crippen LogP contribution >= 0.6 is 0 Å². The fourth-order valence-corrected chi connectivity index (χ4v) is 4.48. The van der Waals surface area contributed by atoms with Crippen molar-refractivity contribution in [2.75, 3.05) is 14.2 Å². The molecule has 4 aromatic carbocycles. The molecule has 1 aromatic heterocycles. The maximum Gasteiger partial charge on any atom is 0.209 e. The Morgan fingerprint density at radius 3 is 2.00 bits per heavy atom. The lowest BCUT2D eigenvalue weighted by Crippen LogP contribution is -2.12. The number of nitrogens with zero attached hydrogens (tertiary/aromatic N) is 1. The summed E-state index contributed by atoms with van der Waals surface area (Å²) in [5.74, 6) is 1.82. The third-order valence-corrected chi connectivity index (χ3v) is 6.43. The van der Waals surface area contributed by atoms with E-state index in [1.165, 1.54) is 5.56 Å². The smallest absolute Gasteiger partial charge is 0.209 e. The highest BCUT2D eigenvalue weighted by Crippen LogP contribution is 2.29. The molecule has 0 fully saturated rings. The quantitative estimate of drug-likeness (QED) is 0.204. The molecule has 5 aromatic rings. The van der Waals surface area contributed by atoms with Crippen LogP contribution in [0, 0.1) is 0 Å². The van der Waals surface area contributed by atoms with Gasteiger partial charge in [-0.05, 0) is 53.9 Å². The first-order valence-corrected chi connectivity index (χ1v) is 12.3. The Bertz CT molecular complexity index is 1480. The average molecular weight is 492 g/mol. The van der Waals surface area contributed by atoms with Crippen LogP contribution < -0.4 is 14.2 Å². The van der Waals surface area contributed by atoms with E-state index in [1.807, 2.05) is 72.8 Å². The lowest BCUT2D eigenvalue weighted by atomic mass is 10.1. The number of carbonyl (C=O) groups is 1. The van der Waals surface area contributed by atoms with Crippen molar-refractivity contribution in [2.45, 2.75) is 19.6 Å². The maximum absolute atomic E-state index is 13.8. The van der Waals surface area contributed by atoms with Crippen LogP contribution in [-0.4, -0.2) is 24.6 Å². The third-order valence-electron chi connectivity index (χ3n) is 6.43. The molecular weight excluding hydrogens is 462 g/mol. The average Bonchev–Trinajstić information content (AvgIpc) is 3.33. The predicted octanol–water partition coefficient (Wildman–Crippen LogP) is 6.71. The van der Waals surface area contributed by atoms with Gasteiger partial charge in [-0.3, -0.25) is 4.79 Å². The lowest BCUT2D eigenvalue weighted by Gasteiger charge is -2.12. The first kappa shape index (κ1) is 24.2. The number of ether oxygens (including phenoxy) is 3. The van der Waals surface area contributed by atoms with Crippen molar-refractivity contribution in [1.82, 2.24) is 4.57 Å². The first-order chi connectivity index (χ1) is 18.1. The minimum atomic E-state index is -0.0896. The van der Waals surface area contributed by atoms with E-state index in [1.54, 1.807) is 32.4 Å². The zero-order chi connectivity index (χ0) is 25.6. The number of ketones is 1. The molecular formula is C32H29NO4. The molecule has 0 aliphatic heterocycles. The summed E-state index contributed by atoms with van der Waals surface area (Å²) in [4.78, 5) is 13.8. The number of fused-ring (bicyclic) bond motifs is 1. The highest BCUT2D eigenvalue weighted by Gasteiger charge is 2.19. The van der Waals surface area contributed by atoms with E-state index < -0.39 is 0 Å². The molecule has 0 atom stereocenters. The summed E-state index contributed by atoms with van der Waals surface area (Å²) in [5, 5.41) is 0.955. The molecule has 0 spiro atoms. The Kier molecular flexibility index (Phi) is 7.22. The Morgan fingerprint density at radius 2 is 1.35 bits per heavy atom. The molecule has 0 unspecified atom stereocenters. The van der Waals surface area contributed by atoms with E-state index in [4.69, 9.17) is 14.2 Å². The molecule has 0 amide bonds.